The lowest BCUT2D eigenvalue weighted by molar-refractivity contribution is -0.205. The van der Waals surface area contributed by atoms with Crippen LogP contribution in [0.25, 0.3) is 0 Å². The second-order valence-corrected chi connectivity index (χ2v) is 16.2. The Morgan fingerprint density at radius 3 is 2.46 bits per heavy atom. The standard InChI is InChI=1S/C32H53N3O5S/c1-9-30(6)18-23(31(7)20(2)10-12-32(21(3)27(30)38)13-11-22(36)25(31)32)40-24(37)19-41-29(4,5)26(33)28(39)35-16-14-34(8)15-17-35/h9,20-21,23,25-27,38H,1,10-19,33H2,2-8H3/t20-,21+,23-,25?,26?,27?,30-,31+,32?/m1/s1. The highest BCUT2D eigenvalue weighted by Gasteiger charge is 2.68. The fourth-order valence-corrected chi connectivity index (χ4v) is 9.39. The number of carbonyl (C=O) groups is 3. The van der Waals surface area contributed by atoms with E-state index in [4.69, 9.17) is 10.5 Å². The Balaban J connectivity index is 1.54. The van der Waals surface area contributed by atoms with Crippen molar-refractivity contribution in [2.75, 3.05) is 39.0 Å². The van der Waals surface area contributed by atoms with E-state index in [2.05, 4.69) is 32.3 Å². The average Bonchev–Trinajstić information content (AvgIpc) is 3.30. The van der Waals surface area contributed by atoms with Gasteiger partial charge in [0.25, 0.3) is 0 Å². The number of aliphatic hydroxyl groups is 1. The van der Waals surface area contributed by atoms with E-state index in [0.717, 1.165) is 32.4 Å². The molecule has 0 spiro atoms. The number of esters is 1. The molecule has 0 aromatic carbocycles. The number of likely N-dealkylation sites (N-methyl/N-ethyl adjacent to an activating group) is 1. The smallest absolute Gasteiger partial charge is 0.316 e. The van der Waals surface area contributed by atoms with Crippen LogP contribution in [0.1, 0.15) is 73.6 Å². The van der Waals surface area contributed by atoms with Gasteiger partial charge in [0.2, 0.25) is 5.91 Å². The fourth-order valence-electron chi connectivity index (χ4n) is 8.55. The van der Waals surface area contributed by atoms with Crippen molar-refractivity contribution < 1.29 is 24.2 Å². The number of amides is 1. The zero-order valence-corrected chi connectivity index (χ0v) is 27.1. The van der Waals surface area contributed by atoms with E-state index in [9.17, 15) is 19.5 Å². The summed E-state index contributed by atoms with van der Waals surface area (Å²) in [6.07, 6.45) is 4.09. The molecule has 2 bridgehead atoms. The number of Topliss-reactive ketones (excluding diaryl/α,β-unsaturated/α-hetero) is 1. The molecule has 0 aromatic rings. The van der Waals surface area contributed by atoms with E-state index in [0.29, 0.717) is 25.9 Å². The molecular weight excluding hydrogens is 538 g/mol. The number of nitrogens with zero attached hydrogens (tertiary/aromatic N) is 2. The summed E-state index contributed by atoms with van der Waals surface area (Å²) in [5.41, 5.74) is 4.95. The molecule has 41 heavy (non-hydrogen) atoms. The van der Waals surface area contributed by atoms with Gasteiger partial charge in [0.1, 0.15) is 11.9 Å². The highest BCUT2D eigenvalue weighted by atomic mass is 32.2. The Labute approximate surface area is 251 Å². The highest BCUT2D eigenvalue weighted by molar-refractivity contribution is 8.01. The van der Waals surface area contributed by atoms with Crippen molar-refractivity contribution in [3.05, 3.63) is 12.7 Å². The van der Waals surface area contributed by atoms with Crippen molar-refractivity contribution in [3.8, 4) is 0 Å². The zero-order valence-electron chi connectivity index (χ0n) is 26.3. The van der Waals surface area contributed by atoms with Gasteiger partial charge >= 0.3 is 5.97 Å². The molecule has 9 heteroatoms. The maximum absolute atomic E-state index is 13.6. The number of thioether (sulfide) groups is 1. The first-order chi connectivity index (χ1) is 19.0. The molecule has 1 amide bonds. The number of nitrogens with two attached hydrogens (primary N) is 1. The van der Waals surface area contributed by atoms with Crippen LogP contribution in [0.2, 0.25) is 0 Å². The molecule has 4 rings (SSSR count). The first-order valence-electron chi connectivity index (χ1n) is 15.4. The Bertz CT molecular complexity index is 1040. The maximum atomic E-state index is 13.6. The molecule has 3 N–H and O–H groups in total. The summed E-state index contributed by atoms with van der Waals surface area (Å²) in [5, 5.41) is 11.7. The van der Waals surface area contributed by atoms with E-state index in [1.807, 2.05) is 38.8 Å². The van der Waals surface area contributed by atoms with Gasteiger partial charge in [-0.2, -0.15) is 0 Å². The molecule has 1 saturated heterocycles. The summed E-state index contributed by atoms with van der Waals surface area (Å²) in [7, 11) is 2.04. The third kappa shape index (κ3) is 5.53. The van der Waals surface area contributed by atoms with Crippen molar-refractivity contribution in [2.45, 2.75) is 96.6 Å². The maximum Gasteiger partial charge on any atom is 0.316 e. The second kappa shape index (κ2) is 11.6. The summed E-state index contributed by atoms with van der Waals surface area (Å²) < 4.78 is 5.69. The number of piperazine rings is 1. The minimum Gasteiger partial charge on any atom is -0.461 e. The summed E-state index contributed by atoms with van der Waals surface area (Å²) in [4.78, 5) is 44.3. The summed E-state index contributed by atoms with van der Waals surface area (Å²) >= 11 is 1.34. The Morgan fingerprint density at radius 1 is 1.22 bits per heavy atom. The van der Waals surface area contributed by atoms with E-state index >= 15 is 0 Å². The van der Waals surface area contributed by atoms with Crippen LogP contribution in [0.5, 0.6) is 0 Å². The van der Waals surface area contributed by atoms with Gasteiger partial charge in [-0.25, -0.2) is 0 Å². The number of ether oxygens (including phenoxy) is 1. The van der Waals surface area contributed by atoms with Gasteiger partial charge in [0, 0.05) is 54.1 Å². The lowest BCUT2D eigenvalue weighted by Crippen LogP contribution is -2.63. The van der Waals surface area contributed by atoms with Crippen LogP contribution in [0.3, 0.4) is 0 Å². The lowest BCUT2D eigenvalue weighted by Gasteiger charge is -2.61. The predicted molar refractivity (Wildman–Crippen MR) is 163 cm³/mol. The molecule has 3 aliphatic carbocycles. The highest BCUT2D eigenvalue weighted by Crippen LogP contribution is 2.68. The topological polar surface area (TPSA) is 113 Å². The molecule has 4 aliphatic rings. The van der Waals surface area contributed by atoms with Crippen molar-refractivity contribution >= 4 is 29.4 Å². The zero-order chi connectivity index (χ0) is 30.5. The monoisotopic (exact) mass is 591 g/mol. The van der Waals surface area contributed by atoms with Gasteiger partial charge < -0.3 is 25.4 Å². The first kappa shape index (κ1) is 32.5. The third-order valence-corrected chi connectivity index (χ3v) is 13.3. The molecule has 4 unspecified atom stereocenters. The fraction of sp³-hybridized carbons (Fsp3) is 0.844. The number of aliphatic hydroxyl groups excluding tert-OH is 1. The Kier molecular flexibility index (Phi) is 9.18. The van der Waals surface area contributed by atoms with Crippen LogP contribution in [-0.2, 0) is 19.1 Å². The van der Waals surface area contributed by atoms with Crippen molar-refractivity contribution in [1.29, 1.82) is 0 Å². The Morgan fingerprint density at radius 2 is 1.85 bits per heavy atom. The molecular formula is C32H53N3O5S. The average molecular weight is 592 g/mol. The normalized spacial score (nSPS) is 40.8. The summed E-state index contributed by atoms with van der Waals surface area (Å²) in [6, 6.07) is -0.751. The van der Waals surface area contributed by atoms with Crippen molar-refractivity contribution in [2.24, 2.45) is 39.7 Å². The van der Waals surface area contributed by atoms with Gasteiger partial charge in [0.05, 0.1) is 17.9 Å². The minimum absolute atomic E-state index is 0.0468. The van der Waals surface area contributed by atoms with Gasteiger partial charge in [-0.15, -0.1) is 18.3 Å². The van der Waals surface area contributed by atoms with Crippen LogP contribution < -0.4 is 5.73 Å². The lowest BCUT2D eigenvalue weighted by atomic mass is 9.44. The SMILES string of the molecule is C=C[C@]1(C)C[C@@H](OC(=O)CSC(C)(C)C(N)C(=O)N2CCN(C)CC2)[C@@]2(C)C3C(=O)CCC3(CC[C@H]2C)[C@@H](C)C1O. The predicted octanol–water partition coefficient (Wildman–Crippen LogP) is 3.51. The number of ketones is 1. The summed E-state index contributed by atoms with van der Waals surface area (Å²) in [6.45, 7) is 19.3. The van der Waals surface area contributed by atoms with E-state index in [1.54, 1.807) is 0 Å². The number of rotatable bonds is 7. The molecule has 3 saturated carbocycles. The molecule has 0 radical (unpaired) electrons. The molecule has 9 atom stereocenters. The summed E-state index contributed by atoms with van der Waals surface area (Å²) in [5.74, 6) is -0.327. The second-order valence-electron chi connectivity index (χ2n) is 14.6. The van der Waals surface area contributed by atoms with Crippen LogP contribution in [0.4, 0.5) is 0 Å². The molecule has 0 aromatic heterocycles. The van der Waals surface area contributed by atoms with Gasteiger partial charge in [-0.05, 0) is 63.8 Å². The van der Waals surface area contributed by atoms with Crippen LogP contribution in [0.15, 0.2) is 12.7 Å². The van der Waals surface area contributed by atoms with Crippen molar-refractivity contribution in [3.63, 3.8) is 0 Å². The van der Waals surface area contributed by atoms with Gasteiger partial charge in [-0.3, -0.25) is 14.4 Å². The van der Waals surface area contributed by atoms with E-state index in [1.165, 1.54) is 11.8 Å². The van der Waals surface area contributed by atoms with E-state index < -0.39 is 33.8 Å². The Hall–Kier alpha value is -1.42. The largest absolute Gasteiger partial charge is 0.461 e. The molecule has 1 heterocycles. The number of hydrogen-bond donors (Lipinski definition) is 2. The first-order valence-corrected chi connectivity index (χ1v) is 16.4. The van der Waals surface area contributed by atoms with Gasteiger partial charge in [-0.1, -0.05) is 33.8 Å². The quantitative estimate of drug-likeness (QED) is 0.342. The van der Waals surface area contributed by atoms with Crippen LogP contribution in [0, 0.1) is 34.0 Å². The molecule has 1 aliphatic heterocycles. The van der Waals surface area contributed by atoms with Gasteiger partial charge in [0.15, 0.2) is 0 Å². The molecule has 4 fully saturated rings. The van der Waals surface area contributed by atoms with Crippen molar-refractivity contribution in [1.82, 2.24) is 9.80 Å². The third-order valence-electron chi connectivity index (χ3n) is 12.0. The minimum atomic E-state index is -0.751. The van der Waals surface area contributed by atoms with Crippen LogP contribution >= 0.6 is 11.8 Å². The van der Waals surface area contributed by atoms with E-state index in [-0.39, 0.29) is 46.6 Å². The molecule has 8 nitrogen and oxygen atoms in total. The van der Waals surface area contributed by atoms with Crippen LogP contribution in [-0.4, -0.2) is 94.5 Å². The number of hydrogen-bond acceptors (Lipinski definition) is 8. The molecule has 232 valence electrons. The number of carbonyl (C=O) groups excluding carboxylic acids is 3.